The van der Waals surface area contributed by atoms with E-state index < -0.39 is 18.5 Å². The van der Waals surface area contributed by atoms with Crippen molar-refractivity contribution in [3.63, 3.8) is 0 Å². The summed E-state index contributed by atoms with van der Waals surface area (Å²) in [6, 6.07) is 12.8. The van der Waals surface area contributed by atoms with Crippen molar-refractivity contribution in [3.05, 3.63) is 64.6 Å². The van der Waals surface area contributed by atoms with Crippen molar-refractivity contribution >= 4 is 46.5 Å². The number of rotatable bonds is 6. The van der Waals surface area contributed by atoms with Crippen molar-refractivity contribution < 1.29 is 29.3 Å². The fraction of sp³-hybridized carbons (Fsp3) is 0.100. The summed E-state index contributed by atoms with van der Waals surface area (Å²) in [5, 5.41) is 18.1. The molecule has 2 N–H and O–H groups in total. The smallest absolute Gasteiger partial charge is 0.341 e. The first-order valence-electron chi connectivity index (χ1n) is 8.38. The van der Waals surface area contributed by atoms with Gasteiger partial charge in [0.2, 0.25) is 0 Å². The van der Waals surface area contributed by atoms with Gasteiger partial charge >= 0.3 is 11.9 Å². The highest BCUT2D eigenvalue weighted by atomic mass is 32.2. The van der Waals surface area contributed by atoms with Crippen LogP contribution in [0.1, 0.15) is 15.9 Å². The number of aliphatic carboxylic acids is 1. The first-order chi connectivity index (χ1) is 13.8. The number of thioether (sulfide) groups is 1. The lowest BCUT2D eigenvalue weighted by molar-refractivity contribution is -0.139. The number of hydrogen-bond acceptors (Lipinski definition) is 6. The Morgan fingerprint density at radius 1 is 1.17 bits per heavy atom. The monoisotopic (exact) mass is 412 g/mol. The van der Waals surface area contributed by atoms with Crippen LogP contribution in [0.2, 0.25) is 0 Å². The number of carbonyl (C=O) groups is 3. The minimum absolute atomic E-state index is 0.116. The Morgan fingerprint density at radius 3 is 2.55 bits per heavy atom. The Bertz CT molecular complexity index is 1030. The molecular weight excluding hydrogens is 396 g/mol. The maximum absolute atomic E-state index is 12.5. The number of hydrogen-bond donors (Lipinski definition) is 2. The van der Waals surface area contributed by atoms with E-state index >= 15 is 0 Å². The number of ether oxygens (including phenoxy) is 1. The number of amides is 1. The van der Waals surface area contributed by atoms with E-state index in [2.05, 4.69) is 4.99 Å². The van der Waals surface area contributed by atoms with E-state index in [0.29, 0.717) is 21.5 Å². The van der Waals surface area contributed by atoms with Crippen LogP contribution in [0.3, 0.4) is 0 Å². The molecule has 1 saturated heterocycles. The number of likely N-dealkylation sites (N-methyl/N-ethyl adjacent to an activating group) is 1. The first-order valence-corrected chi connectivity index (χ1v) is 9.19. The van der Waals surface area contributed by atoms with Crippen LogP contribution in [0, 0.1) is 0 Å². The van der Waals surface area contributed by atoms with E-state index in [1.807, 2.05) is 0 Å². The molecule has 0 radical (unpaired) electrons. The summed E-state index contributed by atoms with van der Waals surface area (Å²) in [6.45, 7) is -0.428. The summed E-state index contributed by atoms with van der Waals surface area (Å²) in [4.78, 5) is 40.4. The number of aliphatic imine (C=N–C) groups is 1. The molecule has 0 bridgehead atoms. The summed E-state index contributed by atoms with van der Waals surface area (Å²) in [5.74, 6) is -1.92. The van der Waals surface area contributed by atoms with Crippen LogP contribution in [0.5, 0.6) is 5.75 Å². The topological polar surface area (TPSA) is 117 Å². The van der Waals surface area contributed by atoms with E-state index in [4.69, 9.17) is 14.9 Å². The van der Waals surface area contributed by atoms with Crippen molar-refractivity contribution in [1.82, 2.24) is 4.90 Å². The van der Waals surface area contributed by atoms with Gasteiger partial charge in [0.1, 0.15) is 5.75 Å². The molecule has 0 aliphatic carbocycles. The number of benzene rings is 2. The number of carboxylic acid groups (broad SMARTS) is 2. The number of amidine groups is 1. The first kappa shape index (κ1) is 20.2. The summed E-state index contributed by atoms with van der Waals surface area (Å²) in [6.07, 6.45) is 1.70. The molecule has 0 saturated carbocycles. The lowest BCUT2D eigenvalue weighted by atomic mass is 10.2. The second kappa shape index (κ2) is 8.61. The minimum atomic E-state index is -1.06. The van der Waals surface area contributed by atoms with Gasteiger partial charge in [-0.05, 0) is 53.7 Å². The average Bonchev–Trinajstić information content (AvgIpc) is 2.95. The van der Waals surface area contributed by atoms with Crippen LogP contribution in [0.15, 0.2) is 58.4 Å². The number of nitrogens with zero attached hydrogens (tertiary/aromatic N) is 2. The largest absolute Gasteiger partial charge is 0.482 e. The summed E-state index contributed by atoms with van der Waals surface area (Å²) >= 11 is 1.18. The van der Waals surface area contributed by atoms with Crippen molar-refractivity contribution in [2.24, 2.45) is 4.99 Å². The Labute approximate surface area is 170 Å². The van der Waals surface area contributed by atoms with Crippen molar-refractivity contribution in [2.75, 3.05) is 13.7 Å². The summed E-state index contributed by atoms with van der Waals surface area (Å²) in [7, 11) is 1.60. The fourth-order valence-electron chi connectivity index (χ4n) is 2.43. The average molecular weight is 412 g/mol. The van der Waals surface area contributed by atoms with E-state index in [0.717, 1.165) is 5.56 Å². The van der Waals surface area contributed by atoms with Gasteiger partial charge in [0.15, 0.2) is 11.8 Å². The number of carbonyl (C=O) groups excluding carboxylic acids is 1. The molecule has 1 aliphatic heterocycles. The van der Waals surface area contributed by atoms with Crippen LogP contribution in [-0.2, 0) is 9.59 Å². The maximum atomic E-state index is 12.5. The zero-order valence-corrected chi connectivity index (χ0v) is 16.0. The Hall–Kier alpha value is -3.59. The molecule has 2 aromatic rings. The third-order valence-electron chi connectivity index (χ3n) is 3.86. The zero-order chi connectivity index (χ0) is 21.0. The molecule has 1 fully saturated rings. The van der Waals surface area contributed by atoms with Gasteiger partial charge in [-0.3, -0.25) is 9.69 Å². The summed E-state index contributed by atoms with van der Waals surface area (Å²) < 4.78 is 5.08. The molecule has 8 nitrogen and oxygen atoms in total. The Kier molecular flexibility index (Phi) is 5.99. The molecule has 3 rings (SSSR count). The summed E-state index contributed by atoms with van der Waals surface area (Å²) in [5.41, 5.74) is 1.30. The van der Waals surface area contributed by atoms with E-state index in [-0.39, 0.29) is 11.5 Å². The predicted molar refractivity (Wildman–Crippen MR) is 108 cm³/mol. The molecule has 29 heavy (non-hydrogen) atoms. The Balaban J connectivity index is 1.78. The Morgan fingerprint density at radius 2 is 1.90 bits per heavy atom. The molecule has 1 amide bonds. The second-order valence-corrected chi connectivity index (χ2v) is 6.99. The highest BCUT2D eigenvalue weighted by Crippen LogP contribution is 2.33. The highest BCUT2D eigenvalue weighted by Gasteiger charge is 2.30. The molecular formula is C20H16N2O6S. The molecule has 0 unspecified atom stereocenters. The lowest BCUT2D eigenvalue weighted by Crippen LogP contribution is -2.23. The highest BCUT2D eigenvalue weighted by molar-refractivity contribution is 8.18. The van der Waals surface area contributed by atoms with Gasteiger partial charge in [0.25, 0.3) is 5.91 Å². The fourth-order valence-corrected chi connectivity index (χ4v) is 3.41. The van der Waals surface area contributed by atoms with E-state index in [1.54, 1.807) is 49.5 Å². The molecule has 0 spiro atoms. The van der Waals surface area contributed by atoms with Gasteiger partial charge in [0.05, 0.1) is 16.2 Å². The van der Waals surface area contributed by atoms with Crippen LogP contribution in [0.4, 0.5) is 5.69 Å². The van der Waals surface area contributed by atoms with Crippen LogP contribution >= 0.6 is 11.8 Å². The quantitative estimate of drug-likeness (QED) is 0.700. The second-order valence-electron chi connectivity index (χ2n) is 5.98. The van der Waals surface area contributed by atoms with Crippen molar-refractivity contribution in [1.29, 1.82) is 0 Å². The lowest BCUT2D eigenvalue weighted by Gasteiger charge is -2.07. The molecule has 148 valence electrons. The molecule has 9 heteroatoms. The predicted octanol–water partition coefficient (Wildman–Crippen LogP) is 3.08. The molecule has 2 aromatic carbocycles. The van der Waals surface area contributed by atoms with Crippen LogP contribution in [0.25, 0.3) is 6.08 Å². The van der Waals surface area contributed by atoms with E-state index in [9.17, 15) is 14.4 Å². The van der Waals surface area contributed by atoms with Gasteiger partial charge in [-0.15, -0.1) is 0 Å². The third-order valence-corrected chi connectivity index (χ3v) is 4.92. The number of aromatic carboxylic acids is 1. The van der Waals surface area contributed by atoms with Gasteiger partial charge in [-0.25, -0.2) is 14.6 Å². The maximum Gasteiger partial charge on any atom is 0.341 e. The molecule has 0 atom stereocenters. The van der Waals surface area contributed by atoms with Crippen molar-refractivity contribution in [2.45, 2.75) is 0 Å². The minimum Gasteiger partial charge on any atom is -0.482 e. The van der Waals surface area contributed by atoms with Gasteiger partial charge in [0, 0.05) is 7.05 Å². The van der Waals surface area contributed by atoms with E-state index in [1.165, 1.54) is 28.8 Å². The molecule has 1 aliphatic rings. The molecule has 1 heterocycles. The normalized spacial score (nSPS) is 16.4. The van der Waals surface area contributed by atoms with Crippen molar-refractivity contribution in [3.8, 4) is 5.75 Å². The van der Waals surface area contributed by atoms with Gasteiger partial charge in [-0.1, -0.05) is 18.2 Å². The SMILES string of the molecule is CN1C(=O)C(=Cc2ccc(OCC(=O)O)cc2)SC1=Nc1cccc(C(=O)O)c1. The van der Waals surface area contributed by atoms with Gasteiger partial charge < -0.3 is 14.9 Å². The zero-order valence-electron chi connectivity index (χ0n) is 15.2. The standard InChI is InChI=1S/C20H16N2O6S/c1-22-18(25)16(9-12-5-7-15(8-6-12)28-11-17(23)24)29-20(22)21-14-4-2-3-13(10-14)19(26)27/h2-10H,11H2,1H3,(H,23,24)(H,26,27). The third kappa shape index (κ3) is 5.02. The van der Waals surface area contributed by atoms with Crippen LogP contribution < -0.4 is 4.74 Å². The number of carboxylic acids is 2. The van der Waals surface area contributed by atoms with Gasteiger partial charge in [-0.2, -0.15) is 0 Å². The van der Waals surface area contributed by atoms with Crippen LogP contribution in [-0.4, -0.2) is 51.8 Å². The molecule has 0 aromatic heterocycles.